The Morgan fingerprint density at radius 2 is 2.19 bits per heavy atom. The summed E-state index contributed by atoms with van der Waals surface area (Å²) in [6, 6.07) is 8.77. The van der Waals surface area contributed by atoms with Crippen LogP contribution in [0.3, 0.4) is 0 Å². The van der Waals surface area contributed by atoms with E-state index in [4.69, 9.17) is 10.2 Å². The Morgan fingerprint density at radius 1 is 1.38 bits per heavy atom. The maximum absolute atomic E-state index is 12.3. The van der Waals surface area contributed by atoms with Gasteiger partial charge >= 0.3 is 0 Å². The summed E-state index contributed by atoms with van der Waals surface area (Å²) in [6.45, 7) is 3.72. The lowest BCUT2D eigenvalue weighted by Gasteiger charge is -2.10. The second kappa shape index (κ2) is 4.97. The Morgan fingerprint density at radius 3 is 2.90 bits per heavy atom. The van der Waals surface area contributed by atoms with Gasteiger partial charge in [-0.3, -0.25) is 9.89 Å². The number of furan rings is 1. The van der Waals surface area contributed by atoms with Gasteiger partial charge in [-0.15, -0.1) is 0 Å². The van der Waals surface area contributed by atoms with Gasteiger partial charge in [-0.1, -0.05) is 0 Å². The second-order valence-corrected chi connectivity index (χ2v) is 5.02. The van der Waals surface area contributed by atoms with Crippen molar-refractivity contribution in [1.82, 2.24) is 15.5 Å². The first-order valence-corrected chi connectivity index (χ1v) is 6.65. The molecular formula is C15H16N4O2. The molecule has 1 amide bonds. The zero-order valence-corrected chi connectivity index (χ0v) is 11.8. The first-order valence-electron chi connectivity index (χ1n) is 6.65. The molecule has 0 saturated heterocycles. The maximum atomic E-state index is 12.3. The molecule has 4 N–H and O–H groups in total. The number of benzene rings is 1. The van der Waals surface area contributed by atoms with E-state index in [2.05, 4.69) is 15.5 Å². The van der Waals surface area contributed by atoms with Crippen molar-refractivity contribution in [3.63, 3.8) is 0 Å². The number of nitrogens with two attached hydrogens (primary N) is 1. The molecule has 0 bridgehead atoms. The zero-order valence-electron chi connectivity index (χ0n) is 11.8. The van der Waals surface area contributed by atoms with E-state index in [0.717, 1.165) is 11.3 Å². The van der Waals surface area contributed by atoms with Crippen molar-refractivity contribution in [2.75, 3.05) is 5.73 Å². The van der Waals surface area contributed by atoms with Crippen LogP contribution in [-0.4, -0.2) is 16.1 Å². The Hall–Kier alpha value is -2.76. The van der Waals surface area contributed by atoms with Crippen molar-refractivity contribution >= 4 is 22.5 Å². The number of rotatable bonds is 3. The second-order valence-electron chi connectivity index (χ2n) is 5.02. The summed E-state index contributed by atoms with van der Waals surface area (Å²) in [6.07, 6.45) is 0. The minimum Gasteiger partial charge on any atom is -0.464 e. The number of hydrogen-bond donors (Lipinski definition) is 3. The number of hydrogen-bond acceptors (Lipinski definition) is 4. The highest BCUT2D eigenvalue weighted by Gasteiger charge is 2.18. The lowest BCUT2D eigenvalue weighted by atomic mass is 10.1. The van der Waals surface area contributed by atoms with Crippen molar-refractivity contribution in [1.29, 1.82) is 0 Å². The molecule has 6 nitrogen and oxygen atoms in total. The number of aromatic amines is 1. The zero-order chi connectivity index (χ0) is 15.0. The predicted octanol–water partition coefficient (Wildman–Crippen LogP) is 2.54. The molecule has 3 rings (SSSR count). The third-order valence-corrected chi connectivity index (χ3v) is 3.34. The summed E-state index contributed by atoms with van der Waals surface area (Å²) in [5.74, 6) is 1.25. The quantitative estimate of drug-likeness (QED) is 0.644. The van der Waals surface area contributed by atoms with Gasteiger partial charge in [0.15, 0.2) is 5.69 Å². The molecule has 0 spiro atoms. The molecule has 0 radical (unpaired) electrons. The van der Waals surface area contributed by atoms with Crippen molar-refractivity contribution in [2.24, 2.45) is 0 Å². The Labute approximate surface area is 121 Å². The average Bonchev–Trinajstić information content (AvgIpc) is 3.04. The molecule has 0 aliphatic carbocycles. The molecule has 2 heterocycles. The van der Waals surface area contributed by atoms with Gasteiger partial charge < -0.3 is 15.5 Å². The molecule has 0 fully saturated rings. The van der Waals surface area contributed by atoms with Crippen molar-refractivity contribution in [2.45, 2.75) is 19.9 Å². The number of aromatic nitrogens is 2. The van der Waals surface area contributed by atoms with Gasteiger partial charge in [-0.05, 0) is 44.2 Å². The number of anilines is 1. The van der Waals surface area contributed by atoms with Crippen LogP contribution < -0.4 is 11.1 Å². The highest BCUT2D eigenvalue weighted by Crippen LogP contribution is 2.20. The number of nitrogen functional groups attached to an aromatic ring is 1. The Kier molecular flexibility index (Phi) is 3.13. The van der Waals surface area contributed by atoms with Gasteiger partial charge in [0, 0.05) is 11.1 Å². The fourth-order valence-corrected chi connectivity index (χ4v) is 2.23. The van der Waals surface area contributed by atoms with Crippen molar-refractivity contribution in [3.8, 4) is 0 Å². The molecule has 0 aliphatic rings. The summed E-state index contributed by atoms with van der Waals surface area (Å²) in [5, 5.41) is 10.5. The van der Waals surface area contributed by atoms with E-state index in [-0.39, 0.29) is 11.9 Å². The number of nitrogens with zero attached hydrogens (tertiary/aromatic N) is 1. The SMILES string of the molecule is Cc1ccc(C(C)NC(=O)c2n[nH]c3ccc(N)cc23)o1. The lowest BCUT2D eigenvalue weighted by Crippen LogP contribution is -2.26. The van der Waals surface area contributed by atoms with E-state index in [1.54, 1.807) is 18.2 Å². The number of carbonyl (C=O) groups is 1. The molecule has 21 heavy (non-hydrogen) atoms. The number of fused-ring (bicyclic) bond motifs is 1. The van der Waals surface area contributed by atoms with Crippen molar-refractivity contribution < 1.29 is 9.21 Å². The van der Waals surface area contributed by atoms with E-state index in [1.165, 1.54) is 0 Å². The molecule has 1 unspecified atom stereocenters. The number of amides is 1. The summed E-state index contributed by atoms with van der Waals surface area (Å²) >= 11 is 0. The first kappa shape index (κ1) is 13.2. The van der Waals surface area contributed by atoms with E-state index in [9.17, 15) is 4.79 Å². The molecule has 1 atom stereocenters. The van der Waals surface area contributed by atoms with Crippen LogP contribution in [-0.2, 0) is 0 Å². The van der Waals surface area contributed by atoms with Gasteiger partial charge in [-0.25, -0.2) is 0 Å². The number of aryl methyl sites for hydroxylation is 1. The highest BCUT2D eigenvalue weighted by molar-refractivity contribution is 6.05. The van der Waals surface area contributed by atoms with Crippen LogP contribution in [0.25, 0.3) is 10.9 Å². The van der Waals surface area contributed by atoms with E-state index >= 15 is 0 Å². The molecule has 3 aromatic rings. The molecule has 6 heteroatoms. The van der Waals surface area contributed by atoms with Crippen LogP contribution in [0.4, 0.5) is 5.69 Å². The molecule has 108 valence electrons. The smallest absolute Gasteiger partial charge is 0.273 e. The minimum atomic E-state index is -0.270. The molecular weight excluding hydrogens is 268 g/mol. The molecule has 0 aliphatic heterocycles. The van der Waals surface area contributed by atoms with Crippen LogP contribution in [0.15, 0.2) is 34.7 Å². The first-order chi connectivity index (χ1) is 10.0. The van der Waals surface area contributed by atoms with Gasteiger partial charge in [0.25, 0.3) is 5.91 Å². The lowest BCUT2D eigenvalue weighted by molar-refractivity contribution is 0.0931. The van der Waals surface area contributed by atoms with Gasteiger partial charge in [0.2, 0.25) is 0 Å². The van der Waals surface area contributed by atoms with Crippen LogP contribution in [0, 0.1) is 6.92 Å². The summed E-state index contributed by atoms with van der Waals surface area (Å²) in [5.41, 5.74) is 7.45. The fraction of sp³-hybridized carbons (Fsp3) is 0.200. The number of H-pyrrole nitrogens is 1. The average molecular weight is 284 g/mol. The van der Waals surface area contributed by atoms with Crippen LogP contribution in [0.1, 0.15) is 35.0 Å². The molecule has 0 saturated carbocycles. The van der Waals surface area contributed by atoms with Gasteiger partial charge in [-0.2, -0.15) is 5.10 Å². The standard InChI is InChI=1S/C15H16N4O2/c1-8-3-6-13(21-8)9(2)17-15(20)14-11-7-10(16)4-5-12(11)18-19-14/h3-7,9H,16H2,1-2H3,(H,17,20)(H,18,19). The largest absolute Gasteiger partial charge is 0.464 e. The fourth-order valence-electron chi connectivity index (χ4n) is 2.23. The third kappa shape index (κ3) is 2.47. The van der Waals surface area contributed by atoms with E-state index < -0.39 is 0 Å². The molecule has 2 aromatic heterocycles. The van der Waals surface area contributed by atoms with E-state index in [1.807, 2.05) is 26.0 Å². The summed E-state index contributed by atoms with van der Waals surface area (Å²) in [4.78, 5) is 12.3. The van der Waals surface area contributed by atoms with Crippen LogP contribution >= 0.6 is 0 Å². The highest BCUT2D eigenvalue weighted by atomic mass is 16.3. The topological polar surface area (TPSA) is 96.9 Å². The van der Waals surface area contributed by atoms with Gasteiger partial charge in [0.05, 0.1) is 11.6 Å². The summed E-state index contributed by atoms with van der Waals surface area (Å²) in [7, 11) is 0. The number of nitrogens with one attached hydrogen (secondary N) is 2. The van der Waals surface area contributed by atoms with Crippen LogP contribution in [0.5, 0.6) is 0 Å². The van der Waals surface area contributed by atoms with E-state index in [0.29, 0.717) is 22.5 Å². The Bertz CT molecular complexity index is 803. The van der Waals surface area contributed by atoms with Gasteiger partial charge in [0.1, 0.15) is 11.5 Å². The minimum absolute atomic E-state index is 0.237. The summed E-state index contributed by atoms with van der Waals surface area (Å²) < 4.78 is 5.51. The third-order valence-electron chi connectivity index (χ3n) is 3.34. The predicted molar refractivity (Wildman–Crippen MR) is 79.8 cm³/mol. The Balaban J connectivity index is 1.85. The van der Waals surface area contributed by atoms with Crippen LogP contribution in [0.2, 0.25) is 0 Å². The number of carbonyl (C=O) groups excluding carboxylic acids is 1. The van der Waals surface area contributed by atoms with Crippen molar-refractivity contribution in [3.05, 3.63) is 47.5 Å². The monoisotopic (exact) mass is 284 g/mol. The maximum Gasteiger partial charge on any atom is 0.273 e. The normalized spacial score (nSPS) is 12.5. The molecule has 1 aromatic carbocycles.